The smallest absolute Gasteiger partial charge is 0.0956 e. The number of anilines is 2. The van der Waals surface area contributed by atoms with E-state index in [1.165, 1.54) is 0 Å². The van der Waals surface area contributed by atoms with Crippen molar-refractivity contribution in [1.29, 1.82) is 0 Å². The number of halogens is 1. The van der Waals surface area contributed by atoms with E-state index in [0.29, 0.717) is 6.04 Å². The highest BCUT2D eigenvalue weighted by Gasteiger charge is 2.16. The van der Waals surface area contributed by atoms with Gasteiger partial charge < -0.3 is 10.6 Å². The van der Waals surface area contributed by atoms with Gasteiger partial charge in [0.25, 0.3) is 0 Å². The predicted molar refractivity (Wildman–Crippen MR) is 94.7 cm³/mol. The Morgan fingerprint density at radius 3 is 2.85 bits per heavy atom. The molecule has 1 aromatic carbocycles. The molecule has 2 aromatic rings. The van der Waals surface area contributed by atoms with Crippen LogP contribution in [-0.4, -0.2) is 30.1 Å². The maximum absolute atomic E-state index is 6.08. The van der Waals surface area contributed by atoms with E-state index >= 15 is 0 Å². The average Bonchev–Trinajstić information content (AvgIpc) is 2.45. The lowest BCUT2D eigenvalue weighted by Crippen LogP contribution is -2.33. The van der Waals surface area contributed by atoms with E-state index < -0.39 is 0 Å². The van der Waals surface area contributed by atoms with Crippen molar-refractivity contribution in [3.8, 4) is 0 Å². The zero-order valence-electron chi connectivity index (χ0n) is 12.1. The molecule has 2 rings (SSSR count). The lowest BCUT2D eigenvalue weighted by atomic mass is 10.1. The molecule has 0 aliphatic heterocycles. The number of hydrogen-bond donors (Lipinski definition) is 1. The quantitative estimate of drug-likeness (QED) is 0.819. The first-order chi connectivity index (χ1) is 9.58. The van der Waals surface area contributed by atoms with Gasteiger partial charge in [-0.05, 0) is 46.8 Å². The lowest BCUT2D eigenvalue weighted by molar-refractivity contribution is 0.674. The molecule has 1 atom stereocenters. The third-order valence-electron chi connectivity index (χ3n) is 3.59. The molecular formula is C15H20BrN3S. The highest BCUT2D eigenvalue weighted by Crippen LogP contribution is 2.32. The molecule has 0 bridgehead atoms. The Balaban J connectivity index is 2.51. The molecule has 0 saturated heterocycles. The Kier molecular flexibility index (Phi) is 5.16. The number of thioether (sulfide) groups is 1. The molecular weight excluding hydrogens is 334 g/mol. The lowest BCUT2D eigenvalue weighted by Gasteiger charge is -2.29. The Morgan fingerprint density at radius 2 is 2.20 bits per heavy atom. The largest absolute Gasteiger partial charge is 0.398 e. The fourth-order valence-electron chi connectivity index (χ4n) is 2.38. The summed E-state index contributed by atoms with van der Waals surface area (Å²) in [5.74, 6) is 1.11. The zero-order chi connectivity index (χ0) is 14.7. The number of aromatic nitrogens is 1. The number of nitrogens with zero attached hydrogens (tertiary/aromatic N) is 2. The zero-order valence-corrected chi connectivity index (χ0v) is 14.5. The summed E-state index contributed by atoms with van der Waals surface area (Å²) in [6.07, 6.45) is 5.08. The number of nitrogen functional groups attached to an aromatic ring is 1. The first-order valence-electron chi connectivity index (χ1n) is 6.64. The molecule has 1 aromatic heterocycles. The number of fused-ring (bicyclic) bond motifs is 1. The first-order valence-corrected chi connectivity index (χ1v) is 8.82. The minimum Gasteiger partial charge on any atom is -0.398 e. The molecule has 2 N–H and O–H groups in total. The highest BCUT2D eigenvalue weighted by atomic mass is 79.9. The van der Waals surface area contributed by atoms with Crippen molar-refractivity contribution in [2.75, 3.05) is 29.7 Å². The average molecular weight is 354 g/mol. The molecule has 0 spiro atoms. The molecule has 0 radical (unpaired) electrons. The molecule has 0 saturated carbocycles. The summed E-state index contributed by atoms with van der Waals surface area (Å²) in [6.45, 7) is 2.22. The van der Waals surface area contributed by atoms with E-state index in [9.17, 15) is 0 Å². The summed E-state index contributed by atoms with van der Waals surface area (Å²) in [6, 6.07) is 6.57. The van der Waals surface area contributed by atoms with Crippen molar-refractivity contribution < 1.29 is 0 Å². The van der Waals surface area contributed by atoms with Crippen molar-refractivity contribution >= 4 is 50.0 Å². The molecule has 0 aliphatic rings. The Bertz CT molecular complexity index is 603. The van der Waals surface area contributed by atoms with Gasteiger partial charge in [-0.1, -0.05) is 6.92 Å². The van der Waals surface area contributed by atoms with Crippen LogP contribution in [0.15, 0.2) is 28.9 Å². The number of nitrogens with two attached hydrogens (primary N) is 1. The monoisotopic (exact) mass is 353 g/mol. The molecule has 1 unspecified atom stereocenters. The van der Waals surface area contributed by atoms with E-state index in [1.54, 1.807) is 0 Å². The molecule has 0 amide bonds. The topological polar surface area (TPSA) is 42.1 Å². The van der Waals surface area contributed by atoms with Gasteiger partial charge in [0.05, 0.1) is 11.2 Å². The van der Waals surface area contributed by atoms with Gasteiger partial charge in [-0.15, -0.1) is 0 Å². The van der Waals surface area contributed by atoms with Gasteiger partial charge in [0.15, 0.2) is 0 Å². The third-order valence-corrected chi connectivity index (χ3v) is 4.74. The fraction of sp³-hybridized carbons (Fsp3) is 0.400. The van der Waals surface area contributed by atoms with Gasteiger partial charge >= 0.3 is 0 Å². The Labute approximate surface area is 133 Å². The fourth-order valence-corrected chi connectivity index (χ4v) is 3.55. The molecule has 20 heavy (non-hydrogen) atoms. The minimum atomic E-state index is 0.502. The maximum atomic E-state index is 6.08. The number of rotatable bonds is 5. The van der Waals surface area contributed by atoms with Gasteiger partial charge in [-0.2, -0.15) is 11.8 Å². The van der Waals surface area contributed by atoms with Gasteiger partial charge in [0.2, 0.25) is 0 Å². The SMILES string of the molecule is CCC(CSC)N(C)c1ccc(N)c2cc(Br)cnc12. The molecule has 1 heterocycles. The third kappa shape index (κ3) is 3.04. The number of benzene rings is 1. The molecule has 3 nitrogen and oxygen atoms in total. The second kappa shape index (κ2) is 6.68. The summed E-state index contributed by atoms with van der Waals surface area (Å²) in [4.78, 5) is 6.88. The van der Waals surface area contributed by atoms with Crippen molar-refractivity contribution in [3.05, 3.63) is 28.9 Å². The molecule has 0 aliphatic carbocycles. The highest BCUT2D eigenvalue weighted by molar-refractivity contribution is 9.10. The number of pyridine rings is 1. The van der Waals surface area contributed by atoms with Gasteiger partial charge in [0, 0.05) is 40.6 Å². The van der Waals surface area contributed by atoms with Gasteiger partial charge in [0.1, 0.15) is 0 Å². The van der Waals surface area contributed by atoms with Crippen molar-refractivity contribution in [3.63, 3.8) is 0 Å². The summed E-state index contributed by atoms with van der Waals surface area (Å²) in [5, 5.41) is 1.00. The van der Waals surface area contributed by atoms with Crippen LogP contribution in [0, 0.1) is 0 Å². The van der Waals surface area contributed by atoms with E-state index in [-0.39, 0.29) is 0 Å². The molecule has 0 fully saturated rings. The van der Waals surface area contributed by atoms with Crippen LogP contribution in [0.3, 0.4) is 0 Å². The standard InChI is InChI=1S/C15H20BrN3S/c1-4-11(9-20-3)19(2)14-6-5-13(17)12-7-10(16)8-18-15(12)14/h5-8,11H,4,9,17H2,1-3H3. The van der Waals surface area contributed by atoms with Gasteiger partial charge in [-0.25, -0.2) is 0 Å². The van der Waals surface area contributed by atoms with Crippen LogP contribution in [0.4, 0.5) is 11.4 Å². The van der Waals surface area contributed by atoms with Crippen LogP contribution in [0.25, 0.3) is 10.9 Å². The van der Waals surface area contributed by atoms with Crippen LogP contribution >= 0.6 is 27.7 Å². The first kappa shape index (κ1) is 15.4. The second-order valence-corrected chi connectivity index (χ2v) is 6.68. The van der Waals surface area contributed by atoms with Crippen LogP contribution < -0.4 is 10.6 Å². The van der Waals surface area contributed by atoms with Gasteiger partial charge in [-0.3, -0.25) is 4.98 Å². The molecule has 5 heteroatoms. The van der Waals surface area contributed by atoms with Crippen LogP contribution in [-0.2, 0) is 0 Å². The van der Waals surface area contributed by atoms with E-state index in [4.69, 9.17) is 5.73 Å². The maximum Gasteiger partial charge on any atom is 0.0956 e. The van der Waals surface area contributed by atoms with Crippen LogP contribution in [0.5, 0.6) is 0 Å². The summed E-state index contributed by atoms with van der Waals surface area (Å²) in [7, 11) is 2.14. The van der Waals surface area contributed by atoms with Crippen LogP contribution in [0.2, 0.25) is 0 Å². The summed E-state index contributed by atoms with van der Waals surface area (Å²) >= 11 is 5.33. The summed E-state index contributed by atoms with van der Waals surface area (Å²) < 4.78 is 0.952. The second-order valence-electron chi connectivity index (χ2n) is 4.85. The number of hydrogen-bond acceptors (Lipinski definition) is 4. The Morgan fingerprint density at radius 1 is 1.45 bits per heavy atom. The van der Waals surface area contributed by atoms with E-state index in [0.717, 1.165) is 38.9 Å². The van der Waals surface area contributed by atoms with E-state index in [1.807, 2.05) is 30.1 Å². The van der Waals surface area contributed by atoms with E-state index in [2.05, 4.69) is 52.1 Å². The molecule has 108 valence electrons. The van der Waals surface area contributed by atoms with Crippen molar-refractivity contribution in [2.45, 2.75) is 19.4 Å². The van der Waals surface area contributed by atoms with Crippen molar-refractivity contribution in [1.82, 2.24) is 4.98 Å². The normalized spacial score (nSPS) is 12.6. The summed E-state index contributed by atoms with van der Waals surface area (Å²) in [5.41, 5.74) is 8.95. The van der Waals surface area contributed by atoms with Crippen molar-refractivity contribution in [2.24, 2.45) is 0 Å². The predicted octanol–water partition coefficient (Wildman–Crippen LogP) is 4.16. The Hall–Kier alpha value is -0.940. The minimum absolute atomic E-state index is 0.502. The van der Waals surface area contributed by atoms with Crippen LogP contribution in [0.1, 0.15) is 13.3 Å².